The smallest absolute Gasteiger partial charge is 0.227 e. The summed E-state index contributed by atoms with van der Waals surface area (Å²) in [6, 6.07) is 6.25. The molecule has 0 atom stereocenters. The molecule has 1 aromatic carbocycles. The Bertz CT molecular complexity index is 424. The van der Waals surface area contributed by atoms with Crippen LogP contribution in [0.4, 0.5) is 0 Å². The number of aryl methyl sites for hydroxylation is 1. The van der Waals surface area contributed by atoms with Crippen molar-refractivity contribution >= 4 is 17.7 Å². The molecular formula is C14H22N2OS. The standard InChI is InChI=1S/C14H22N2OS/c1-10-7-12(18-9-13(15)17)6-5-11(10)8-16-14(2,3)4/h5-7,16H,8-9H2,1-4H3,(H2,15,17). The molecule has 1 aromatic rings. The summed E-state index contributed by atoms with van der Waals surface area (Å²) < 4.78 is 0. The highest BCUT2D eigenvalue weighted by molar-refractivity contribution is 8.00. The average Bonchev–Trinajstić information content (AvgIpc) is 2.23. The van der Waals surface area contributed by atoms with E-state index in [2.05, 4.69) is 45.1 Å². The molecule has 3 N–H and O–H groups in total. The van der Waals surface area contributed by atoms with E-state index in [-0.39, 0.29) is 11.4 Å². The molecule has 100 valence electrons. The van der Waals surface area contributed by atoms with Crippen molar-refractivity contribution in [3.63, 3.8) is 0 Å². The van der Waals surface area contributed by atoms with Crippen LogP contribution in [-0.4, -0.2) is 17.2 Å². The molecule has 0 unspecified atom stereocenters. The molecule has 18 heavy (non-hydrogen) atoms. The van der Waals surface area contributed by atoms with Gasteiger partial charge in [-0.25, -0.2) is 0 Å². The summed E-state index contributed by atoms with van der Waals surface area (Å²) in [5, 5.41) is 3.47. The zero-order valence-corrected chi connectivity index (χ0v) is 12.4. The molecule has 1 rings (SSSR count). The molecule has 1 amide bonds. The predicted molar refractivity (Wildman–Crippen MR) is 77.7 cm³/mol. The van der Waals surface area contributed by atoms with Gasteiger partial charge in [-0.05, 0) is 51.0 Å². The number of nitrogens with two attached hydrogens (primary N) is 1. The van der Waals surface area contributed by atoms with Crippen LogP contribution in [0.15, 0.2) is 23.1 Å². The summed E-state index contributed by atoms with van der Waals surface area (Å²) in [7, 11) is 0. The molecule has 0 fully saturated rings. The van der Waals surface area contributed by atoms with Crippen molar-refractivity contribution < 1.29 is 4.79 Å². The van der Waals surface area contributed by atoms with Crippen LogP contribution in [0.1, 0.15) is 31.9 Å². The fraction of sp³-hybridized carbons (Fsp3) is 0.500. The molecule has 0 saturated heterocycles. The number of thioether (sulfide) groups is 1. The summed E-state index contributed by atoms with van der Waals surface area (Å²) in [4.78, 5) is 11.8. The maximum Gasteiger partial charge on any atom is 0.227 e. The highest BCUT2D eigenvalue weighted by Gasteiger charge is 2.09. The summed E-state index contributed by atoms with van der Waals surface area (Å²) in [5.41, 5.74) is 7.77. The van der Waals surface area contributed by atoms with Crippen molar-refractivity contribution in [3.05, 3.63) is 29.3 Å². The number of rotatable bonds is 5. The lowest BCUT2D eigenvalue weighted by molar-refractivity contribution is -0.115. The van der Waals surface area contributed by atoms with Gasteiger partial charge in [0.25, 0.3) is 0 Å². The van der Waals surface area contributed by atoms with Crippen molar-refractivity contribution in [2.45, 2.75) is 44.7 Å². The first-order chi connectivity index (χ1) is 8.28. The number of amides is 1. The molecule has 0 aliphatic carbocycles. The number of carbonyl (C=O) groups excluding carboxylic acids is 1. The van der Waals surface area contributed by atoms with Crippen molar-refractivity contribution in [3.8, 4) is 0 Å². The first kappa shape index (κ1) is 15.1. The van der Waals surface area contributed by atoms with Gasteiger partial charge in [-0.3, -0.25) is 4.79 Å². The van der Waals surface area contributed by atoms with Crippen molar-refractivity contribution in [1.82, 2.24) is 5.32 Å². The largest absolute Gasteiger partial charge is 0.369 e. The van der Waals surface area contributed by atoms with Crippen LogP contribution in [0.25, 0.3) is 0 Å². The lowest BCUT2D eigenvalue weighted by Crippen LogP contribution is -2.35. The van der Waals surface area contributed by atoms with E-state index in [9.17, 15) is 4.79 Å². The maximum absolute atomic E-state index is 10.7. The van der Waals surface area contributed by atoms with Gasteiger partial charge in [-0.2, -0.15) is 0 Å². The number of benzene rings is 1. The van der Waals surface area contributed by atoms with Crippen LogP contribution in [0.5, 0.6) is 0 Å². The molecule has 0 saturated carbocycles. The molecule has 0 aliphatic heterocycles. The fourth-order valence-corrected chi connectivity index (χ4v) is 2.20. The van der Waals surface area contributed by atoms with E-state index in [4.69, 9.17) is 5.73 Å². The fourth-order valence-electron chi connectivity index (χ4n) is 1.47. The Morgan fingerprint density at radius 2 is 2.06 bits per heavy atom. The third-order valence-electron chi connectivity index (χ3n) is 2.50. The first-order valence-corrected chi connectivity index (χ1v) is 7.02. The third-order valence-corrected chi connectivity index (χ3v) is 3.52. The van der Waals surface area contributed by atoms with Gasteiger partial charge in [0.15, 0.2) is 0 Å². The van der Waals surface area contributed by atoms with Gasteiger partial charge in [0, 0.05) is 17.0 Å². The second-order valence-corrected chi connectivity index (χ2v) is 6.50. The average molecular weight is 266 g/mol. The molecule has 4 heteroatoms. The normalized spacial score (nSPS) is 11.6. The van der Waals surface area contributed by atoms with Gasteiger partial charge in [0.2, 0.25) is 5.91 Å². The van der Waals surface area contributed by atoms with E-state index in [0.29, 0.717) is 5.75 Å². The SMILES string of the molecule is Cc1cc(SCC(N)=O)ccc1CNC(C)(C)C. The summed E-state index contributed by atoms with van der Waals surface area (Å²) >= 11 is 1.48. The highest BCUT2D eigenvalue weighted by Crippen LogP contribution is 2.21. The van der Waals surface area contributed by atoms with Gasteiger partial charge in [-0.15, -0.1) is 11.8 Å². The Kier molecular flexibility index (Phi) is 5.23. The Morgan fingerprint density at radius 1 is 1.39 bits per heavy atom. The molecule has 0 heterocycles. The second-order valence-electron chi connectivity index (χ2n) is 5.45. The van der Waals surface area contributed by atoms with Gasteiger partial charge < -0.3 is 11.1 Å². The Hall–Kier alpha value is -1.00. The Balaban J connectivity index is 2.65. The van der Waals surface area contributed by atoms with E-state index in [1.165, 1.54) is 22.9 Å². The van der Waals surface area contributed by atoms with E-state index in [1.807, 2.05) is 6.07 Å². The van der Waals surface area contributed by atoms with Crippen LogP contribution in [0.3, 0.4) is 0 Å². The minimum atomic E-state index is -0.281. The van der Waals surface area contributed by atoms with Crippen LogP contribution in [0.2, 0.25) is 0 Å². The first-order valence-electron chi connectivity index (χ1n) is 6.03. The highest BCUT2D eigenvalue weighted by atomic mass is 32.2. The summed E-state index contributed by atoms with van der Waals surface area (Å²) in [5.74, 6) is 0.0510. The number of carbonyl (C=O) groups is 1. The number of primary amides is 1. The van der Waals surface area contributed by atoms with Crippen LogP contribution < -0.4 is 11.1 Å². The van der Waals surface area contributed by atoms with Gasteiger partial charge in [0.05, 0.1) is 5.75 Å². The molecular weight excluding hydrogens is 244 g/mol. The zero-order valence-electron chi connectivity index (χ0n) is 11.5. The summed E-state index contributed by atoms with van der Waals surface area (Å²) in [6.07, 6.45) is 0. The number of hydrogen-bond donors (Lipinski definition) is 2. The van der Waals surface area contributed by atoms with Gasteiger partial charge in [0.1, 0.15) is 0 Å². The lowest BCUT2D eigenvalue weighted by Gasteiger charge is -2.21. The Morgan fingerprint density at radius 3 is 2.56 bits per heavy atom. The topological polar surface area (TPSA) is 55.1 Å². The van der Waals surface area contributed by atoms with Gasteiger partial charge in [-0.1, -0.05) is 6.07 Å². The van der Waals surface area contributed by atoms with Crippen LogP contribution >= 0.6 is 11.8 Å². The zero-order chi connectivity index (χ0) is 13.8. The summed E-state index contributed by atoms with van der Waals surface area (Å²) in [6.45, 7) is 9.41. The molecule has 0 radical (unpaired) electrons. The van der Waals surface area contributed by atoms with Gasteiger partial charge >= 0.3 is 0 Å². The molecule has 0 spiro atoms. The van der Waals surface area contributed by atoms with Crippen molar-refractivity contribution in [2.75, 3.05) is 5.75 Å². The maximum atomic E-state index is 10.7. The molecule has 3 nitrogen and oxygen atoms in total. The third kappa shape index (κ3) is 5.56. The lowest BCUT2D eigenvalue weighted by atomic mass is 10.1. The van der Waals surface area contributed by atoms with Crippen LogP contribution in [-0.2, 0) is 11.3 Å². The Labute approximate surface area is 114 Å². The number of hydrogen-bond acceptors (Lipinski definition) is 3. The molecule has 0 aliphatic rings. The minimum absolute atomic E-state index is 0.117. The van der Waals surface area contributed by atoms with Crippen molar-refractivity contribution in [2.24, 2.45) is 5.73 Å². The van der Waals surface area contributed by atoms with E-state index < -0.39 is 0 Å². The van der Waals surface area contributed by atoms with E-state index >= 15 is 0 Å². The molecule has 0 aromatic heterocycles. The van der Waals surface area contributed by atoms with E-state index in [0.717, 1.165) is 11.4 Å². The van der Waals surface area contributed by atoms with Crippen molar-refractivity contribution in [1.29, 1.82) is 0 Å². The van der Waals surface area contributed by atoms with E-state index in [1.54, 1.807) is 0 Å². The minimum Gasteiger partial charge on any atom is -0.369 e. The molecule has 0 bridgehead atoms. The van der Waals surface area contributed by atoms with Crippen LogP contribution in [0, 0.1) is 6.92 Å². The monoisotopic (exact) mass is 266 g/mol. The second kappa shape index (κ2) is 6.25. The quantitative estimate of drug-likeness (QED) is 0.805. The predicted octanol–water partition coefficient (Wildman–Crippen LogP) is 2.46. The number of nitrogens with one attached hydrogen (secondary N) is 1.